The van der Waals surface area contributed by atoms with E-state index in [1.54, 1.807) is 24.3 Å². The maximum absolute atomic E-state index is 12.3. The van der Waals surface area contributed by atoms with Crippen LogP contribution in [0.4, 0.5) is 13.2 Å². The fourth-order valence-corrected chi connectivity index (χ4v) is 3.28. The SMILES string of the molecule is O=C(NCc1ccc(CN2CCCC2)cc1)c1ccc(COCC(F)(F)F)cc1. The number of amides is 1. The van der Waals surface area contributed by atoms with Gasteiger partial charge in [0, 0.05) is 18.7 Å². The van der Waals surface area contributed by atoms with Crippen LogP contribution in [-0.2, 0) is 24.4 Å². The van der Waals surface area contributed by atoms with Crippen molar-refractivity contribution in [3.8, 4) is 0 Å². The van der Waals surface area contributed by atoms with Crippen LogP contribution in [0, 0.1) is 0 Å². The monoisotopic (exact) mass is 406 g/mol. The zero-order valence-electron chi connectivity index (χ0n) is 16.2. The Morgan fingerprint density at radius 3 is 2.14 bits per heavy atom. The van der Waals surface area contributed by atoms with Gasteiger partial charge in [-0.15, -0.1) is 0 Å². The molecule has 29 heavy (non-hydrogen) atoms. The first-order chi connectivity index (χ1) is 13.9. The van der Waals surface area contributed by atoms with Gasteiger partial charge in [0.25, 0.3) is 5.91 Å². The third-order valence-corrected chi connectivity index (χ3v) is 4.83. The zero-order valence-corrected chi connectivity index (χ0v) is 16.2. The highest BCUT2D eigenvalue weighted by molar-refractivity contribution is 5.94. The second-order valence-electron chi connectivity index (χ2n) is 7.29. The highest BCUT2D eigenvalue weighted by Crippen LogP contribution is 2.16. The molecule has 3 rings (SSSR count). The van der Waals surface area contributed by atoms with Crippen molar-refractivity contribution in [3.05, 3.63) is 70.8 Å². The summed E-state index contributed by atoms with van der Waals surface area (Å²) in [5.74, 6) is -0.228. The third kappa shape index (κ3) is 7.18. The van der Waals surface area contributed by atoms with E-state index in [4.69, 9.17) is 0 Å². The predicted molar refractivity (Wildman–Crippen MR) is 104 cm³/mol. The molecule has 1 saturated heterocycles. The summed E-state index contributed by atoms with van der Waals surface area (Å²) in [6.45, 7) is 2.26. The van der Waals surface area contributed by atoms with Crippen molar-refractivity contribution in [1.82, 2.24) is 10.2 Å². The molecule has 2 aromatic rings. The standard InChI is InChI=1S/C22H25F3N2O2/c23-22(24,25)16-29-15-19-7-9-20(10-8-19)21(28)26-13-17-3-5-18(6-4-17)14-27-11-1-2-12-27/h3-10H,1-2,11-16H2,(H,26,28). The lowest BCUT2D eigenvalue weighted by Crippen LogP contribution is -2.23. The molecular formula is C22H25F3N2O2. The molecule has 2 aromatic carbocycles. The van der Waals surface area contributed by atoms with Gasteiger partial charge >= 0.3 is 6.18 Å². The Labute approximate surface area is 168 Å². The average Bonchev–Trinajstić information content (AvgIpc) is 3.20. The van der Waals surface area contributed by atoms with E-state index < -0.39 is 12.8 Å². The highest BCUT2D eigenvalue weighted by atomic mass is 19.4. The topological polar surface area (TPSA) is 41.6 Å². The van der Waals surface area contributed by atoms with E-state index in [1.165, 1.54) is 18.4 Å². The molecule has 0 saturated carbocycles. The number of likely N-dealkylation sites (tertiary alicyclic amines) is 1. The van der Waals surface area contributed by atoms with Crippen LogP contribution in [0.5, 0.6) is 0 Å². The van der Waals surface area contributed by atoms with Gasteiger partial charge in [0.2, 0.25) is 0 Å². The average molecular weight is 406 g/mol. The number of ether oxygens (including phenoxy) is 1. The van der Waals surface area contributed by atoms with E-state index in [-0.39, 0.29) is 12.5 Å². The Hall–Kier alpha value is -2.38. The third-order valence-electron chi connectivity index (χ3n) is 4.83. The summed E-state index contributed by atoms with van der Waals surface area (Å²) in [5, 5.41) is 2.86. The molecule has 1 fully saturated rings. The van der Waals surface area contributed by atoms with Crippen LogP contribution in [0.25, 0.3) is 0 Å². The zero-order chi connectivity index (χ0) is 20.7. The first-order valence-corrected chi connectivity index (χ1v) is 9.71. The predicted octanol–water partition coefficient (Wildman–Crippen LogP) is 4.29. The van der Waals surface area contributed by atoms with Gasteiger partial charge in [0.15, 0.2) is 0 Å². The minimum Gasteiger partial charge on any atom is -0.367 e. The van der Waals surface area contributed by atoms with Crippen LogP contribution < -0.4 is 5.32 Å². The second kappa shape index (κ2) is 9.89. The lowest BCUT2D eigenvalue weighted by Gasteiger charge is -2.14. The van der Waals surface area contributed by atoms with Crippen molar-refractivity contribution in [2.24, 2.45) is 0 Å². The summed E-state index contributed by atoms with van der Waals surface area (Å²) in [7, 11) is 0. The van der Waals surface area contributed by atoms with Crippen LogP contribution in [0.15, 0.2) is 48.5 Å². The summed E-state index contributed by atoms with van der Waals surface area (Å²) >= 11 is 0. The minimum atomic E-state index is -4.34. The van der Waals surface area contributed by atoms with Crippen molar-refractivity contribution < 1.29 is 22.7 Å². The van der Waals surface area contributed by atoms with Crippen LogP contribution in [0.2, 0.25) is 0 Å². The minimum absolute atomic E-state index is 0.148. The lowest BCUT2D eigenvalue weighted by atomic mass is 10.1. The number of benzene rings is 2. The van der Waals surface area contributed by atoms with E-state index in [9.17, 15) is 18.0 Å². The van der Waals surface area contributed by atoms with E-state index in [2.05, 4.69) is 27.1 Å². The molecule has 1 heterocycles. The Balaban J connectivity index is 1.43. The molecule has 0 radical (unpaired) electrons. The van der Waals surface area contributed by atoms with Crippen LogP contribution >= 0.6 is 0 Å². The van der Waals surface area contributed by atoms with Crippen molar-refractivity contribution >= 4 is 5.91 Å². The smallest absolute Gasteiger partial charge is 0.367 e. The molecule has 1 aliphatic heterocycles. The number of hydrogen-bond acceptors (Lipinski definition) is 3. The van der Waals surface area contributed by atoms with Gasteiger partial charge in [-0.25, -0.2) is 0 Å². The molecule has 156 valence electrons. The maximum atomic E-state index is 12.3. The van der Waals surface area contributed by atoms with Crippen molar-refractivity contribution in [1.29, 1.82) is 0 Å². The van der Waals surface area contributed by atoms with Crippen molar-refractivity contribution in [2.45, 2.75) is 38.7 Å². The van der Waals surface area contributed by atoms with Crippen LogP contribution in [0.3, 0.4) is 0 Å². The van der Waals surface area contributed by atoms with E-state index >= 15 is 0 Å². The van der Waals surface area contributed by atoms with E-state index in [0.29, 0.717) is 17.7 Å². The van der Waals surface area contributed by atoms with Crippen LogP contribution in [0.1, 0.15) is 39.9 Å². The van der Waals surface area contributed by atoms with Gasteiger partial charge in [-0.05, 0) is 54.8 Å². The number of nitrogens with one attached hydrogen (secondary N) is 1. The van der Waals surface area contributed by atoms with Crippen molar-refractivity contribution in [3.63, 3.8) is 0 Å². The van der Waals surface area contributed by atoms with E-state index in [0.717, 1.165) is 25.2 Å². The Kier molecular flexibility index (Phi) is 7.28. The summed E-state index contributed by atoms with van der Waals surface area (Å²) in [6.07, 6.45) is -1.80. The fraction of sp³-hybridized carbons (Fsp3) is 0.409. The van der Waals surface area contributed by atoms with Gasteiger partial charge in [-0.3, -0.25) is 9.69 Å². The second-order valence-corrected chi connectivity index (χ2v) is 7.29. The Morgan fingerprint density at radius 2 is 1.52 bits per heavy atom. The molecule has 0 bridgehead atoms. The van der Waals surface area contributed by atoms with Gasteiger partial charge in [-0.2, -0.15) is 13.2 Å². The highest BCUT2D eigenvalue weighted by Gasteiger charge is 2.27. The summed E-state index contributed by atoms with van der Waals surface area (Å²) in [6, 6.07) is 14.6. The largest absolute Gasteiger partial charge is 0.411 e. The molecule has 7 heteroatoms. The summed E-state index contributed by atoms with van der Waals surface area (Å²) in [5.41, 5.74) is 3.32. The molecule has 0 aromatic heterocycles. The van der Waals surface area contributed by atoms with E-state index in [1.807, 2.05) is 12.1 Å². The first-order valence-electron chi connectivity index (χ1n) is 9.71. The Morgan fingerprint density at radius 1 is 0.931 bits per heavy atom. The number of rotatable bonds is 8. The maximum Gasteiger partial charge on any atom is 0.411 e. The van der Waals surface area contributed by atoms with Gasteiger partial charge in [0.1, 0.15) is 6.61 Å². The van der Waals surface area contributed by atoms with Gasteiger partial charge in [-0.1, -0.05) is 36.4 Å². The molecule has 4 nitrogen and oxygen atoms in total. The molecule has 0 unspecified atom stereocenters. The number of halogens is 3. The normalized spacial score (nSPS) is 14.9. The summed E-state index contributed by atoms with van der Waals surface area (Å²) in [4.78, 5) is 14.7. The fourth-order valence-electron chi connectivity index (χ4n) is 3.28. The number of alkyl halides is 3. The number of carbonyl (C=O) groups excluding carboxylic acids is 1. The molecule has 0 spiro atoms. The summed E-state index contributed by atoms with van der Waals surface area (Å²) < 4.78 is 40.9. The molecule has 0 atom stereocenters. The number of hydrogen-bond donors (Lipinski definition) is 1. The van der Waals surface area contributed by atoms with Crippen LogP contribution in [-0.4, -0.2) is 36.7 Å². The Bertz CT molecular complexity index is 783. The van der Waals surface area contributed by atoms with Gasteiger partial charge in [0.05, 0.1) is 6.61 Å². The van der Waals surface area contributed by atoms with Gasteiger partial charge < -0.3 is 10.1 Å². The first kappa shape index (κ1) is 21.3. The molecule has 1 aliphatic rings. The lowest BCUT2D eigenvalue weighted by molar-refractivity contribution is -0.176. The van der Waals surface area contributed by atoms with Crippen molar-refractivity contribution in [2.75, 3.05) is 19.7 Å². The molecule has 0 aliphatic carbocycles. The number of carbonyl (C=O) groups is 1. The molecule has 1 N–H and O–H groups in total. The molecular weight excluding hydrogens is 381 g/mol. The molecule has 1 amide bonds. The quantitative estimate of drug-likeness (QED) is 0.711. The number of nitrogens with zero attached hydrogens (tertiary/aromatic N) is 1.